The number of hydrogen-bond donors (Lipinski definition) is 3. The van der Waals surface area contributed by atoms with Gasteiger partial charge in [0.25, 0.3) is 5.91 Å². The molecule has 0 aliphatic heterocycles. The predicted octanol–water partition coefficient (Wildman–Crippen LogP) is 6.68. The third-order valence-corrected chi connectivity index (χ3v) is 7.01. The highest BCUT2D eigenvalue weighted by molar-refractivity contribution is 6.53. The fourth-order valence-corrected chi connectivity index (χ4v) is 5.14. The lowest BCUT2D eigenvalue weighted by Crippen LogP contribution is -2.19. The molecule has 1 aliphatic rings. The Kier molecular flexibility index (Phi) is 7.05. The number of benzene rings is 2. The van der Waals surface area contributed by atoms with Crippen molar-refractivity contribution in [3.63, 3.8) is 0 Å². The molecule has 1 aliphatic carbocycles. The fraction of sp³-hybridized carbons (Fsp3) is 0.136. The third-order valence-electron chi connectivity index (χ3n) is 5.30. The van der Waals surface area contributed by atoms with E-state index in [1.807, 2.05) is 0 Å². The van der Waals surface area contributed by atoms with Crippen LogP contribution in [0.3, 0.4) is 0 Å². The first kappa shape index (κ1) is 25.7. The summed E-state index contributed by atoms with van der Waals surface area (Å²) >= 11 is 30.9. The zero-order chi connectivity index (χ0) is 25.7. The Bertz CT molecular complexity index is 1350. The van der Waals surface area contributed by atoms with Crippen molar-refractivity contribution in [2.24, 2.45) is 5.92 Å². The summed E-state index contributed by atoms with van der Waals surface area (Å²) in [5.74, 6) is -5.70. The summed E-state index contributed by atoms with van der Waals surface area (Å²) in [7, 11) is 0. The summed E-state index contributed by atoms with van der Waals surface area (Å²) in [5, 5.41) is 5.53. The van der Waals surface area contributed by atoms with E-state index in [1.165, 1.54) is 24.3 Å². The maximum absolute atomic E-state index is 14.1. The highest BCUT2D eigenvalue weighted by Gasteiger charge is 2.67. The molecule has 2 aromatic carbocycles. The van der Waals surface area contributed by atoms with Gasteiger partial charge >= 0.3 is 0 Å². The second kappa shape index (κ2) is 9.59. The summed E-state index contributed by atoms with van der Waals surface area (Å²) in [6, 6.07) is 8.83. The van der Waals surface area contributed by atoms with Gasteiger partial charge in [-0.2, -0.15) is 0 Å². The minimum Gasteiger partial charge on any atom is -0.394 e. The van der Waals surface area contributed by atoms with Gasteiger partial charge in [0, 0.05) is 21.7 Å². The molecule has 1 heterocycles. The minimum atomic E-state index is -1.41. The number of carbonyl (C=O) groups excluding carboxylic acids is 2. The van der Waals surface area contributed by atoms with Crippen molar-refractivity contribution >= 4 is 87.0 Å². The van der Waals surface area contributed by atoms with Gasteiger partial charge in [0.05, 0.1) is 22.7 Å². The van der Waals surface area contributed by atoms with Gasteiger partial charge in [-0.1, -0.05) is 34.8 Å². The number of alkyl halides is 2. The number of nitrogens with zero attached hydrogens (tertiary/aromatic N) is 1. The summed E-state index contributed by atoms with van der Waals surface area (Å²) < 4.78 is 26.0. The van der Waals surface area contributed by atoms with Crippen LogP contribution < -0.4 is 16.4 Å². The van der Waals surface area contributed by atoms with Crippen molar-refractivity contribution < 1.29 is 18.4 Å². The van der Waals surface area contributed by atoms with E-state index in [4.69, 9.17) is 63.7 Å². The largest absolute Gasteiger partial charge is 0.394 e. The Morgan fingerprint density at radius 3 is 2.31 bits per heavy atom. The van der Waals surface area contributed by atoms with Gasteiger partial charge in [-0.05, 0) is 42.0 Å². The van der Waals surface area contributed by atoms with Gasteiger partial charge in [-0.15, -0.1) is 23.2 Å². The van der Waals surface area contributed by atoms with E-state index in [2.05, 4.69) is 15.6 Å². The zero-order valence-corrected chi connectivity index (χ0v) is 21.0. The van der Waals surface area contributed by atoms with Crippen molar-refractivity contribution in [3.05, 3.63) is 80.4 Å². The molecule has 6 nitrogen and oxygen atoms in total. The molecule has 1 saturated carbocycles. The first-order chi connectivity index (χ1) is 16.4. The normalized spacial score (nSPS) is 18.1. The lowest BCUT2D eigenvalue weighted by molar-refractivity contribution is -0.117. The Hall–Kier alpha value is -2.36. The highest BCUT2D eigenvalue weighted by atomic mass is 35.5. The van der Waals surface area contributed by atoms with Gasteiger partial charge in [0.15, 0.2) is 17.5 Å². The first-order valence-electron chi connectivity index (χ1n) is 9.75. The molecule has 4 rings (SSSR count). The second-order valence-electron chi connectivity index (χ2n) is 7.65. The number of amides is 2. The average Bonchev–Trinajstić information content (AvgIpc) is 3.36. The molecule has 35 heavy (non-hydrogen) atoms. The van der Waals surface area contributed by atoms with E-state index in [1.54, 1.807) is 12.1 Å². The fourth-order valence-electron chi connectivity index (χ4n) is 3.56. The molecular weight excluding hydrogens is 568 g/mol. The number of hydrogen-bond acceptors (Lipinski definition) is 4. The monoisotopic (exact) mass is 578 g/mol. The number of nitrogen functional groups attached to an aromatic ring is 1. The van der Waals surface area contributed by atoms with Crippen LogP contribution in [0.25, 0.3) is 0 Å². The van der Waals surface area contributed by atoms with Crippen molar-refractivity contribution in [1.29, 1.82) is 0 Å². The van der Waals surface area contributed by atoms with Crippen molar-refractivity contribution in [2.75, 3.05) is 16.4 Å². The Balaban J connectivity index is 1.52. The number of rotatable bonds is 5. The van der Waals surface area contributed by atoms with Crippen LogP contribution in [0.4, 0.5) is 26.0 Å². The van der Waals surface area contributed by atoms with E-state index < -0.39 is 51.1 Å². The average molecular weight is 581 g/mol. The molecule has 182 valence electrons. The number of halogens is 7. The molecule has 0 unspecified atom stereocenters. The maximum Gasteiger partial charge on any atom is 0.258 e. The highest BCUT2D eigenvalue weighted by Crippen LogP contribution is 2.65. The molecule has 2 atom stereocenters. The molecule has 1 aromatic heterocycles. The van der Waals surface area contributed by atoms with Crippen LogP contribution in [0.15, 0.2) is 42.6 Å². The van der Waals surface area contributed by atoms with Gasteiger partial charge in [0.2, 0.25) is 5.91 Å². The number of carbonyl (C=O) groups is 2. The van der Waals surface area contributed by atoms with E-state index >= 15 is 0 Å². The number of nitrogens with two attached hydrogens (primary N) is 1. The number of aromatic nitrogens is 1. The van der Waals surface area contributed by atoms with Crippen LogP contribution in [0.5, 0.6) is 0 Å². The molecule has 1 fully saturated rings. The van der Waals surface area contributed by atoms with Crippen LogP contribution >= 0.6 is 58.0 Å². The van der Waals surface area contributed by atoms with Crippen LogP contribution in [0, 0.1) is 17.6 Å². The molecule has 0 bridgehead atoms. The summed E-state index contributed by atoms with van der Waals surface area (Å²) in [6.45, 7) is 0. The molecule has 4 N–H and O–H groups in total. The molecule has 0 saturated heterocycles. The van der Waals surface area contributed by atoms with E-state index in [0.717, 1.165) is 0 Å². The molecular formula is C22H13Cl5F2N4O2. The molecule has 3 aromatic rings. The quantitative estimate of drug-likeness (QED) is 0.293. The summed E-state index contributed by atoms with van der Waals surface area (Å²) in [5.41, 5.74) is 5.15. The predicted molar refractivity (Wildman–Crippen MR) is 134 cm³/mol. The van der Waals surface area contributed by atoms with Crippen molar-refractivity contribution in [1.82, 2.24) is 4.98 Å². The Morgan fingerprint density at radius 2 is 1.66 bits per heavy atom. The lowest BCUT2D eigenvalue weighted by atomic mass is 10.1. The smallest absolute Gasteiger partial charge is 0.258 e. The van der Waals surface area contributed by atoms with Crippen LogP contribution in [-0.2, 0) is 4.79 Å². The van der Waals surface area contributed by atoms with E-state index in [9.17, 15) is 18.4 Å². The molecule has 0 radical (unpaired) electrons. The molecule has 13 heteroatoms. The van der Waals surface area contributed by atoms with E-state index in [-0.39, 0.29) is 16.3 Å². The SMILES string of the molecule is Nc1c(F)cnc(NC(=O)c2cc(NC(=O)[C@H]3[C@H](c4cc(Cl)cc(Cl)c4)C3(Cl)Cl)ccc2Cl)c1F. The third kappa shape index (κ3) is 5.13. The lowest BCUT2D eigenvalue weighted by Gasteiger charge is -2.11. The van der Waals surface area contributed by atoms with Crippen LogP contribution in [0.2, 0.25) is 15.1 Å². The summed E-state index contributed by atoms with van der Waals surface area (Å²) in [6.07, 6.45) is 0.663. The topological polar surface area (TPSA) is 97.1 Å². The number of pyridine rings is 1. The standard InChI is InChI=1S/C22H13Cl5F2N4O2/c23-9-3-8(4-10(24)5-9)15-16(22(15,26)27)21(35)32-11-1-2-13(25)12(6-11)20(34)33-19-17(29)18(30)14(28)7-31-19/h1-7,15-16H,(H,32,35)(H3,30,31,33,34)/t15-,16+/m0/s1. The van der Waals surface area contributed by atoms with E-state index in [0.29, 0.717) is 21.8 Å². The van der Waals surface area contributed by atoms with Gasteiger partial charge < -0.3 is 16.4 Å². The van der Waals surface area contributed by atoms with Gasteiger partial charge in [-0.25, -0.2) is 13.8 Å². The number of nitrogens with one attached hydrogen (secondary N) is 2. The van der Waals surface area contributed by atoms with Crippen molar-refractivity contribution in [3.8, 4) is 0 Å². The van der Waals surface area contributed by atoms with Gasteiger partial charge in [-0.3, -0.25) is 9.59 Å². The second-order valence-corrected chi connectivity index (χ2v) is 10.4. The van der Waals surface area contributed by atoms with Crippen LogP contribution in [-0.4, -0.2) is 21.1 Å². The maximum atomic E-state index is 14.1. The minimum absolute atomic E-state index is 0.00195. The van der Waals surface area contributed by atoms with Gasteiger partial charge in [0.1, 0.15) is 10.0 Å². The Labute approximate surface area is 222 Å². The molecule has 0 spiro atoms. The zero-order valence-electron chi connectivity index (χ0n) is 17.2. The Morgan fingerprint density at radius 1 is 1.00 bits per heavy atom. The van der Waals surface area contributed by atoms with Crippen molar-refractivity contribution in [2.45, 2.75) is 10.3 Å². The first-order valence-corrected chi connectivity index (χ1v) is 11.6. The van der Waals surface area contributed by atoms with Crippen LogP contribution in [0.1, 0.15) is 21.8 Å². The summed E-state index contributed by atoms with van der Waals surface area (Å²) in [4.78, 5) is 29.1. The molecule has 2 amide bonds. The number of anilines is 3.